The van der Waals surface area contributed by atoms with Crippen LogP contribution in [0.4, 0.5) is 0 Å². The molecule has 5 nitrogen and oxygen atoms in total. The molecule has 2 rings (SSSR count). The molecule has 2 aliphatic rings. The van der Waals surface area contributed by atoms with E-state index in [4.69, 9.17) is 0 Å². The molecular formula is C14H21N3O2. The lowest BCUT2D eigenvalue weighted by molar-refractivity contribution is -0.134. The van der Waals surface area contributed by atoms with Gasteiger partial charge in [-0.15, -0.1) is 0 Å². The molecule has 0 bridgehead atoms. The van der Waals surface area contributed by atoms with Gasteiger partial charge in [-0.3, -0.25) is 9.59 Å². The number of rotatable bonds is 2. The van der Waals surface area contributed by atoms with Crippen LogP contribution in [0.1, 0.15) is 51.4 Å². The zero-order valence-electron chi connectivity index (χ0n) is 11.2. The van der Waals surface area contributed by atoms with Crippen LogP contribution in [-0.2, 0) is 9.59 Å². The molecule has 1 aliphatic carbocycles. The Bertz CT molecular complexity index is 394. The van der Waals surface area contributed by atoms with E-state index in [-0.39, 0.29) is 11.8 Å². The molecule has 5 heteroatoms. The van der Waals surface area contributed by atoms with E-state index in [0.29, 0.717) is 25.8 Å². The van der Waals surface area contributed by atoms with E-state index in [1.165, 1.54) is 0 Å². The Hall–Kier alpha value is -1.57. The van der Waals surface area contributed by atoms with E-state index in [0.717, 1.165) is 32.1 Å². The van der Waals surface area contributed by atoms with Gasteiger partial charge in [-0.05, 0) is 32.1 Å². The minimum atomic E-state index is -0.912. The van der Waals surface area contributed by atoms with Gasteiger partial charge in [0.25, 0.3) is 0 Å². The molecule has 1 saturated heterocycles. The van der Waals surface area contributed by atoms with Gasteiger partial charge in [0, 0.05) is 6.54 Å². The average molecular weight is 263 g/mol. The van der Waals surface area contributed by atoms with Crippen molar-refractivity contribution < 1.29 is 9.59 Å². The van der Waals surface area contributed by atoms with Crippen LogP contribution in [0.3, 0.4) is 0 Å². The van der Waals surface area contributed by atoms with Crippen molar-refractivity contribution in [2.24, 2.45) is 5.41 Å². The van der Waals surface area contributed by atoms with Crippen molar-refractivity contribution >= 4 is 11.8 Å². The van der Waals surface area contributed by atoms with Crippen molar-refractivity contribution in [3.63, 3.8) is 0 Å². The molecule has 0 aromatic heterocycles. The SMILES string of the molecule is N#CC1(C(=O)N[C@H]2CCCCNC2=O)CCCCC1. The molecule has 0 unspecified atom stereocenters. The minimum Gasteiger partial charge on any atom is -0.354 e. The summed E-state index contributed by atoms with van der Waals surface area (Å²) in [6, 6.07) is 1.72. The van der Waals surface area contributed by atoms with E-state index in [2.05, 4.69) is 16.7 Å². The Morgan fingerprint density at radius 3 is 2.68 bits per heavy atom. The third-order valence-electron chi connectivity index (χ3n) is 4.20. The summed E-state index contributed by atoms with van der Waals surface area (Å²) in [5, 5.41) is 14.9. The second-order valence-electron chi connectivity index (χ2n) is 5.57. The Morgan fingerprint density at radius 1 is 1.26 bits per heavy atom. The third kappa shape index (κ3) is 3.06. The van der Waals surface area contributed by atoms with Crippen LogP contribution in [-0.4, -0.2) is 24.4 Å². The van der Waals surface area contributed by atoms with Crippen LogP contribution in [0.5, 0.6) is 0 Å². The van der Waals surface area contributed by atoms with Crippen LogP contribution in [0.25, 0.3) is 0 Å². The lowest BCUT2D eigenvalue weighted by Crippen LogP contribution is -2.51. The number of hydrogen-bond donors (Lipinski definition) is 2. The first-order valence-corrected chi connectivity index (χ1v) is 7.18. The number of nitrogens with zero attached hydrogens (tertiary/aromatic N) is 1. The summed E-state index contributed by atoms with van der Waals surface area (Å²) in [7, 11) is 0. The van der Waals surface area contributed by atoms with E-state index in [1.54, 1.807) is 0 Å². The Morgan fingerprint density at radius 2 is 2.00 bits per heavy atom. The van der Waals surface area contributed by atoms with Gasteiger partial charge in [-0.2, -0.15) is 5.26 Å². The van der Waals surface area contributed by atoms with E-state index in [1.807, 2.05) is 0 Å². The maximum atomic E-state index is 12.4. The lowest BCUT2D eigenvalue weighted by Gasteiger charge is -2.30. The van der Waals surface area contributed by atoms with Gasteiger partial charge in [0.1, 0.15) is 11.5 Å². The predicted octanol–water partition coefficient (Wildman–Crippen LogP) is 1.25. The Labute approximate surface area is 113 Å². The Kier molecular flexibility index (Phi) is 4.41. The summed E-state index contributed by atoms with van der Waals surface area (Å²) in [6.07, 6.45) is 6.67. The van der Waals surface area contributed by atoms with E-state index in [9.17, 15) is 14.9 Å². The first-order valence-electron chi connectivity index (χ1n) is 7.18. The average Bonchev–Trinajstić information content (AvgIpc) is 2.65. The third-order valence-corrected chi connectivity index (χ3v) is 4.20. The molecule has 104 valence electrons. The molecular weight excluding hydrogens is 242 g/mol. The summed E-state index contributed by atoms with van der Waals surface area (Å²) in [5.41, 5.74) is -0.912. The Balaban J connectivity index is 2.02. The van der Waals surface area contributed by atoms with Gasteiger partial charge in [0.05, 0.1) is 6.07 Å². The highest BCUT2D eigenvalue weighted by atomic mass is 16.2. The van der Waals surface area contributed by atoms with E-state index >= 15 is 0 Å². The smallest absolute Gasteiger partial charge is 0.242 e. The predicted molar refractivity (Wildman–Crippen MR) is 69.9 cm³/mol. The van der Waals surface area contributed by atoms with Gasteiger partial charge in [0.15, 0.2) is 0 Å². The lowest BCUT2D eigenvalue weighted by atomic mass is 9.74. The van der Waals surface area contributed by atoms with Gasteiger partial charge in [-0.1, -0.05) is 19.3 Å². The molecule has 1 atom stereocenters. The van der Waals surface area contributed by atoms with Gasteiger partial charge in [-0.25, -0.2) is 0 Å². The molecule has 0 spiro atoms. The highest BCUT2D eigenvalue weighted by Crippen LogP contribution is 2.36. The van der Waals surface area contributed by atoms with Gasteiger partial charge < -0.3 is 10.6 Å². The molecule has 2 fully saturated rings. The monoisotopic (exact) mass is 263 g/mol. The molecule has 1 saturated carbocycles. The van der Waals surface area contributed by atoms with Crippen molar-refractivity contribution in [2.45, 2.75) is 57.4 Å². The maximum absolute atomic E-state index is 12.4. The number of carbonyl (C=O) groups excluding carboxylic acids is 2. The number of nitriles is 1. The first kappa shape index (κ1) is 13.9. The molecule has 1 aliphatic heterocycles. The topological polar surface area (TPSA) is 82.0 Å². The molecule has 2 N–H and O–H groups in total. The fourth-order valence-electron chi connectivity index (χ4n) is 2.92. The van der Waals surface area contributed by atoms with Crippen molar-refractivity contribution in [3.8, 4) is 6.07 Å². The fraction of sp³-hybridized carbons (Fsp3) is 0.786. The summed E-state index contributed by atoms with van der Waals surface area (Å²) in [5.74, 6) is -0.369. The van der Waals surface area contributed by atoms with Crippen LogP contribution < -0.4 is 10.6 Å². The summed E-state index contributed by atoms with van der Waals surface area (Å²) in [6.45, 7) is 0.675. The zero-order valence-corrected chi connectivity index (χ0v) is 11.2. The number of hydrogen-bond acceptors (Lipinski definition) is 3. The largest absolute Gasteiger partial charge is 0.354 e. The van der Waals surface area contributed by atoms with Crippen LogP contribution >= 0.6 is 0 Å². The summed E-state index contributed by atoms with van der Waals surface area (Å²) < 4.78 is 0. The van der Waals surface area contributed by atoms with Crippen LogP contribution in [0.2, 0.25) is 0 Å². The van der Waals surface area contributed by atoms with Crippen LogP contribution in [0, 0.1) is 16.7 Å². The summed E-state index contributed by atoms with van der Waals surface area (Å²) in [4.78, 5) is 24.2. The quantitative estimate of drug-likeness (QED) is 0.786. The molecule has 0 aromatic carbocycles. The molecule has 0 aromatic rings. The minimum absolute atomic E-state index is 0.116. The van der Waals surface area contributed by atoms with Crippen LogP contribution in [0.15, 0.2) is 0 Å². The normalized spacial score (nSPS) is 26.7. The van der Waals surface area contributed by atoms with Crippen molar-refractivity contribution in [2.75, 3.05) is 6.54 Å². The van der Waals surface area contributed by atoms with Crippen molar-refractivity contribution in [3.05, 3.63) is 0 Å². The first-order chi connectivity index (χ1) is 9.18. The molecule has 19 heavy (non-hydrogen) atoms. The second kappa shape index (κ2) is 6.05. The van der Waals surface area contributed by atoms with Crippen molar-refractivity contribution in [1.82, 2.24) is 10.6 Å². The fourth-order valence-corrected chi connectivity index (χ4v) is 2.92. The molecule has 1 heterocycles. The number of carbonyl (C=O) groups is 2. The number of amides is 2. The molecule has 2 amide bonds. The van der Waals surface area contributed by atoms with Gasteiger partial charge >= 0.3 is 0 Å². The number of nitrogens with one attached hydrogen (secondary N) is 2. The van der Waals surface area contributed by atoms with Gasteiger partial charge in [0.2, 0.25) is 11.8 Å². The molecule has 0 radical (unpaired) electrons. The highest BCUT2D eigenvalue weighted by Gasteiger charge is 2.41. The highest BCUT2D eigenvalue weighted by molar-refractivity contribution is 5.91. The van der Waals surface area contributed by atoms with Crippen molar-refractivity contribution in [1.29, 1.82) is 5.26 Å². The summed E-state index contributed by atoms with van der Waals surface area (Å²) >= 11 is 0. The standard InChI is InChI=1S/C14H21N3O2/c15-10-14(7-3-1-4-8-14)13(19)17-11-6-2-5-9-16-12(11)18/h11H,1-9H2,(H,16,18)(H,17,19)/t11-/m0/s1. The van der Waals surface area contributed by atoms with E-state index < -0.39 is 11.5 Å². The zero-order chi connectivity index (χ0) is 13.7. The maximum Gasteiger partial charge on any atom is 0.242 e. The second-order valence-corrected chi connectivity index (χ2v) is 5.57.